The summed E-state index contributed by atoms with van der Waals surface area (Å²) >= 11 is 0. The van der Waals surface area contributed by atoms with Crippen molar-refractivity contribution in [2.45, 2.75) is 0 Å². The SMILES string of the molecule is CN(C)C(=O)N(S(C)(=O)=O)S(C)(=O)=O. The van der Waals surface area contributed by atoms with Crippen molar-refractivity contribution >= 4 is 26.1 Å². The maximum atomic E-state index is 11.2. The van der Waals surface area contributed by atoms with Crippen molar-refractivity contribution in [2.24, 2.45) is 0 Å². The van der Waals surface area contributed by atoms with Crippen LogP contribution < -0.4 is 0 Å². The highest BCUT2D eigenvalue weighted by atomic mass is 32.3. The first kappa shape index (κ1) is 13.2. The molecule has 0 saturated heterocycles. The topological polar surface area (TPSA) is 91.8 Å². The van der Waals surface area contributed by atoms with Crippen LogP contribution in [0.15, 0.2) is 0 Å². The van der Waals surface area contributed by atoms with Crippen LogP contribution in [0.4, 0.5) is 4.79 Å². The molecule has 9 heteroatoms. The minimum Gasteiger partial charge on any atom is -0.329 e. The van der Waals surface area contributed by atoms with E-state index in [9.17, 15) is 21.6 Å². The van der Waals surface area contributed by atoms with Gasteiger partial charge in [-0.25, -0.2) is 21.6 Å². The quantitative estimate of drug-likeness (QED) is 0.614. The second kappa shape index (κ2) is 3.73. The van der Waals surface area contributed by atoms with Crippen molar-refractivity contribution < 1.29 is 21.6 Å². The van der Waals surface area contributed by atoms with Crippen LogP contribution >= 0.6 is 0 Å². The number of hydrogen-bond acceptors (Lipinski definition) is 5. The highest BCUT2D eigenvalue weighted by Crippen LogP contribution is 2.07. The Morgan fingerprint density at radius 1 is 0.929 bits per heavy atom. The number of carbonyl (C=O) groups excluding carboxylic acids is 1. The van der Waals surface area contributed by atoms with Crippen molar-refractivity contribution in [1.29, 1.82) is 0 Å². The summed E-state index contributed by atoms with van der Waals surface area (Å²) in [5.41, 5.74) is 0. The van der Waals surface area contributed by atoms with Gasteiger partial charge in [-0.1, -0.05) is 0 Å². The minimum absolute atomic E-state index is 0.153. The predicted molar refractivity (Wildman–Crippen MR) is 50.6 cm³/mol. The average molecular weight is 244 g/mol. The van der Waals surface area contributed by atoms with Crippen LogP contribution in [0.2, 0.25) is 0 Å². The van der Waals surface area contributed by atoms with E-state index in [1.165, 1.54) is 14.1 Å². The van der Waals surface area contributed by atoms with E-state index in [1.807, 2.05) is 0 Å². The highest BCUT2D eigenvalue weighted by Gasteiger charge is 2.33. The molecular weight excluding hydrogens is 232 g/mol. The maximum Gasteiger partial charge on any atom is 0.347 e. The molecule has 0 aromatic carbocycles. The zero-order valence-electron chi connectivity index (χ0n) is 8.25. The molecule has 0 aromatic rings. The fraction of sp³-hybridized carbons (Fsp3) is 0.800. The van der Waals surface area contributed by atoms with Crippen LogP contribution in [0.3, 0.4) is 0 Å². The van der Waals surface area contributed by atoms with E-state index in [4.69, 9.17) is 0 Å². The Labute approximate surface area is 83.4 Å². The van der Waals surface area contributed by atoms with E-state index in [1.54, 1.807) is 0 Å². The third kappa shape index (κ3) is 3.14. The zero-order chi connectivity index (χ0) is 11.7. The van der Waals surface area contributed by atoms with Crippen LogP contribution in [0.5, 0.6) is 0 Å². The van der Waals surface area contributed by atoms with Gasteiger partial charge >= 0.3 is 6.03 Å². The first-order valence-electron chi connectivity index (χ1n) is 3.39. The van der Waals surface area contributed by atoms with Crippen LogP contribution in [-0.4, -0.2) is 58.1 Å². The summed E-state index contributed by atoms with van der Waals surface area (Å²) in [7, 11) is -5.71. The molecule has 14 heavy (non-hydrogen) atoms. The molecular formula is C5H12N2O5S2. The largest absolute Gasteiger partial charge is 0.347 e. The number of hydrogen-bond donors (Lipinski definition) is 0. The molecule has 0 saturated carbocycles. The van der Waals surface area contributed by atoms with Gasteiger partial charge in [-0.3, -0.25) is 0 Å². The zero-order valence-corrected chi connectivity index (χ0v) is 9.89. The number of carbonyl (C=O) groups is 1. The van der Waals surface area contributed by atoms with Gasteiger partial charge in [0.15, 0.2) is 0 Å². The summed E-state index contributed by atoms with van der Waals surface area (Å²) in [5.74, 6) is 0. The molecule has 0 aliphatic rings. The molecule has 0 radical (unpaired) electrons. The summed E-state index contributed by atoms with van der Waals surface area (Å²) in [5, 5.41) is 0. The third-order valence-electron chi connectivity index (χ3n) is 1.14. The van der Waals surface area contributed by atoms with Gasteiger partial charge in [0.05, 0.1) is 12.5 Å². The molecule has 7 nitrogen and oxygen atoms in total. The Hall–Kier alpha value is -0.830. The Balaban J connectivity index is 5.50. The molecule has 0 aliphatic carbocycles. The maximum absolute atomic E-state index is 11.2. The standard InChI is InChI=1S/C5H12N2O5S2/c1-6(2)5(8)7(13(3,9)10)14(4,11)12/h1-4H3. The van der Waals surface area contributed by atoms with Crippen molar-refractivity contribution in [3.8, 4) is 0 Å². The van der Waals surface area contributed by atoms with E-state index >= 15 is 0 Å². The first-order chi connectivity index (χ1) is 5.98. The van der Waals surface area contributed by atoms with Gasteiger partial charge in [-0.05, 0) is 0 Å². The Morgan fingerprint density at radius 2 is 1.21 bits per heavy atom. The van der Waals surface area contributed by atoms with Crippen molar-refractivity contribution in [3.05, 3.63) is 0 Å². The van der Waals surface area contributed by atoms with Gasteiger partial charge in [-0.2, -0.15) is 0 Å². The molecule has 0 atom stereocenters. The summed E-state index contributed by atoms with van der Waals surface area (Å²) in [4.78, 5) is 12.1. The lowest BCUT2D eigenvalue weighted by molar-refractivity contribution is 0.211. The molecule has 0 heterocycles. The normalized spacial score (nSPS) is 12.3. The van der Waals surface area contributed by atoms with Gasteiger partial charge in [0, 0.05) is 14.1 Å². The van der Waals surface area contributed by atoms with Crippen molar-refractivity contribution in [1.82, 2.24) is 8.61 Å². The molecule has 84 valence electrons. The lowest BCUT2D eigenvalue weighted by Crippen LogP contribution is -2.45. The molecule has 0 aliphatic heterocycles. The van der Waals surface area contributed by atoms with E-state index in [-0.39, 0.29) is 3.71 Å². The number of nitrogens with zero attached hydrogens (tertiary/aromatic N) is 2. The highest BCUT2D eigenvalue weighted by molar-refractivity contribution is 8.04. The molecule has 0 unspecified atom stereocenters. The van der Waals surface area contributed by atoms with Crippen LogP contribution in [0.25, 0.3) is 0 Å². The molecule has 0 spiro atoms. The summed E-state index contributed by atoms with van der Waals surface area (Å²) in [6.07, 6.45) is 1.30. The van der Waals surface area contributed by atoms with Crippen LogP contribution in [0, 0.1) is 0 Å². The smallest absolute Gasteiger partial charge is 0.329 e. The number of rotatable bonds is 2. The molecule has 0 rings (SSSR count). The minimum atomic E-state index is -4.11. The molecule has 0 N–H and O–H groups in total. The Kier molecular flexibility index (Phi) is 3.51. The number of amides is 2. The molecule has 2 amide bonds. The van der Waals surface area contributed by atoms with Crippen LogP contribution in [-0.2, 0) is 20.0 Å². The summed E-state index contributed by atoms with van der Waals surface area (Å²) in [6, 6.07) is -1.12. The fourth-order valence-corrected chi connectivity index (χ4v) is 3.55. The fourth-order valence-electron chi connectivity index (χ4n) is 0.693. The Morgan fingerprint density at radius 3 is 1.29 bits per heavy atom. The van der Waals surface area contributed by atoms with Crippen LogP contribution in [0.1, 0.15) is 0 Å². The summed E-state index contributed by atoms with van der Waals surface area (Å²) in [6.45, 7) is 0. The van der Waals surface area contributed by atoms with Gasteiger partial charge in [0.1, 0.15) is 0 Å². The number of sulfonamides is 2. The third-order valence-corrected chi connectivity index (χ3v) is 4.28. The van der Waals surface area contributed by atoms with Crippen molar-refractivity contribution in [3.63, 3.8) is 0 Å². The predicted octanol–water partition coefficient (Wildman–Crippen LogP) is -1.11. The Bertz CT molecular complexity index is 389. The van der Waals surface area contributed by atoms with Gasteiger partial charge in [0.2, 0.25) is 20.0 Å². The lowest BCUT2D eigenvalue weighted by Gasteiger charge is -2.21. The molecule has 0 fully saturated rings. The van der Waals surface area contributed by atoms with E-state index in [0.29, 0.717) is 12.5 Å². The lowest BCUT2D eigenvalue weighted by atomic mass is 10.9. The molecule has 0 bridgehead atoms. The summed E-state index contributed by atoms with van der Waals surface area (Å²) < 4.78 is 43.9. The van der Waals surface area contributed by atoms with E-state index in [0.717, 1.165) is 4.90 Å². The molecule has 0 aromatic heterocycles. The van der Waals surface area contributed by atoms with Gasteiger partial charge in [0.25, 0.3) is 0 Å². The monoisotopic (exact) mass is 244 g/mol. The van der Waals surface area contributed by atoms with Crippen molar-refractivity contribution in [2.75, 3.05) is 26.6 Å². The number of urea groups is 1. The van der Waals surface area contributed by atoms with E-state index in [2.05, 4.69) is 0 Å². The van der Waals surface area contributed by atoms with E-state index < -0.39 is 26.1 Å². The van der Waals surface area contributed by atoms with Gasteiger partial charge < -0.3 is 4.90 Å². The average Bonchev–Trinajstić information content (AvgIpc) is 1.79. The second-order valence-corrected chi connectivity index (χ2v) is 6.79. The van der Waals surface area contributed by atoms with Gasteiger partial charge in [-0.15, -0.1) is 3.71 Å². The second-order valence-electron chi connectivity index (χ2n) is 2.90. The first-order valence-corrected chi connectivity index (χ1v) is 7.09.